The van der Waals surface area contributed by atoms with Crippen molar-refractivity contribution < 1.29 is 9.90 Å². The van der Waals surface area contributed by atoms with E-state index in [9.17, 15) is 9.90 Å². The molecule has 0 aliphatic heterocycles. The number of carboxylic acids is 1. The van der Waals surface area contributed by atoms with E-state index in [1.165, 1.54) is 11.3 Å². The van der Waals surface area contributed by atoms with Crippen molar-refractivity contribution in [2.24, 2.45) is 0 Å². The normalized spacial score (nSPS) is 11.5. The number of carboxylic acid groups (broad SMARTS) is 1. The Hall–Kier alpha value is -4.17. The van der Waals surface area contributed by atoms with Crippen LogP contribution in [0.5, 0.6) is 0 Å². The molecule has 8 heteroatoms. The Labute approximate surface area is 192 Å². The van der Waals surface area contributed by atoms with Crippen LogP contribution in [0.2, 0.25) is 0 Å². The van der Waals surface area contributed by atoms with E-state index in [0.29, 0.717) is 11.4 Å². The van der Waals surface area contributed by atoms with E-state index in [2.05, 4.69) is 58.0 Å². The molecule has 5 heterocycles. The summed E-state index contributed by atoms with van der Waals surface area (Å²) in [6.45, 7) is 2.72. The van der Waals surface area contributed by atoms with E-state index in [1.54, 1.807) is 24.8 Å². The summed E-state index contributed by atoms with van der Waals surface area (Å²) in [5, 5.41) is 9.51. The number of hydrogen-bond acceptors (Lipinski definition) is 4. The number of aromatic nitrogens is 5. The van der Waals surface area contributed by atoms with Crippen molar-refractivity contribution in [1.29, 1.82) is 0 Å². The molecule has 6 aromatic rings. The summed E-state index contributed by atoms with van der Waals surface area (Å²) in [5.74, 6) is -0.898. The van der Waals surface area contributed by atoms with Crippen LogP contribution in [-0.4, -0.2) is 34.6 Å². The fraction of sp³-hybridized carbons (Fsp3) is 0.0800. The molecule has 0 bridgehead atoms. The van der Waals surface area contributed by atoms with Crippen molar-refractivity contribution in [3.05, 3.63) is 95.8 Å². The van der Waals surface area contributed by atoms with Crippen molar-refractivity contribution in [3.8, 4) is 16.9 Å². The summed E-state index contributed by atoms with van der Waals surface area (Å²) < 4.78 is 7.14. The van der Waals surface area contributed by atoms with Gasteiger partial charge in [-0.1, -0.05) is 12.1 Å². The average molecular weight is 454 g/mol. The molecule has 0 unspecified atom stereocenters. The highest BCUT2D eigenvalue weighted by Crippen LogP contribution is 2.36. The Morgan fingerprint density at radius 3 is 2.79 bits per heavy atom. The highest BCUT2D eigenvalue weighted by molar-refractivity contribution is 7.20. The topological polar surface area (TPSA) is 77.3 Å². The Balaban J connectivity index is 1.49. The zero-order chi connectivity index (χ0) is 22.5. The van der Waals surface area contributed by atoms with Crippen LogP contribution < -0.4 is 0 Å². The quantitative estimate of drug-likeness (QED) is 0.386. The second kappa shape index (κ2) is 7.46. The molecule has 1 aromatic carbocycles. The summed E-state index contributed by atoms with van der Waals surface area (Å²) in [4.78, 5) is 20.4. The van der Waals surface area contributed by atoms with Crippen LogP contribution >= 0.6 is 11.3 Å². The standard InChI is InChI=1S/C25H19N5O2S/c1-16-10-18(29-8-6-26-15-29)3-4-19(16)20-11-22-21(12-23(33-22)25(31)32)30(20)14-17-2-5-24-27-7-9-28(24)13-17/h2-13,15H,14H2,1H3,(H,31,32). The fourth-order valence-electron chi connectivity index (χ4n) is 4.29. The molecule has 162 valence electrons. The van der Waals surface area contributed by atoms with E-state index in [4.69, 9.17) is 0 Å². The lowest BCUT2D eigenvalue weighted by Crippen LogP contribution is -2.04. The van der Waals surface area contributed by atoms with Crippen LogP contribution in [0, 0.1) is 6.92 Å². The Morgan fingerprint density at radius 1 is 1.09 bits per heavy atom. The van der Waals surface area contributed by atoms with Gasteiger partial charge in [0.05, 0.1) is 22.2 Å². The number of thiophene rings is 1. The van der Waals surface area contributed by atoms with Gasteiger partial charge in [-0.25, -0.2) is 14.8 Å². The molecular weight excluding hydrogens is 434 g/mol. The number of benzene rings is 1. The number of imidazole rings is 2. The lowest BCUT2D eigenvalue weighted by molar-refractivity contribution is 0.0702. The smallest absolute Gasteiger partial charge is 0.345 e. The predicted octanol–water partition coefficient (Wildman–Crippen LogP) is 5.26. The third-order valence-electron chi connectivity index (χ3n) is 5.88. The summed E-state index contributed by atoms with van der Waals surface area (Å²) in [6, 6.07) is 14.3. The molecule has 0 aliphatic carbocycles. The first-order chi connectivity index (χ1) is 16.1. The van der Waals surface area contributed by atoms with Crippen molar-refractivity contribution >= 4 is 33.2 Å². The summed E-state index contributed by atoms with van der Waals surface area (Å²) in [6.07, 6.45) is 11.2. The molecule has 0 amide bonds. The molecule has 6 rings (SSSR count). The van der Waals surface area contributed by atoms with Crippen molar-refractivity contribution in [1.82, 2.24) is 23.5 Å². The van der Waals surface area contributed by atoms with Crippen LogP contribution in [-0.2, 0) is 6.54 Å². The number of rotatable bonds is 5. The maximum Gasteiger partial charge on any atom is 0.345 e. The number of aryl methyl sites for hydroxylation is 1. The Morgan fingerprint density at radius 2 is 2.00 bits per heavy atom. The highest BCUT2D eigenvalue weighted by Gasteiger charge is 2.18. The van der Waals surface area contributed by atoms with Crippen LogP contribution in [0.3, 0.4) is 0 Å². The molecule has 0 fully saturated rings. The monoisotopic (exact) mass is 453 g/mol. The van der Waals surface area contributed by atoms with Gasteiger partial charge in [0.1, 0.15) is 10.5 Å². The number of pyridine rings is 1. The summed E-state index contributed by atoms with van der Waals surface area (Å²) in [7, 11) is 0. The van der Waals surface area contributed by atoms with Crippen LogP contribution in [0.1, 0.15) is 20.8 Å². The van der Waals surface area contributed by atoms with Crippen LogP contribution in [0.4, 0.5) is 0 Å². The highest BCUT2D eigenvalue weighted by atomic mass is 32.1. The molecule has 0 aliphatic rings. The Bertz CT molecular complexity index is 1640. The second-order valence-corrected chi connectivity index (χ2v) is 9.06. The average Bonchev–Trinajstić information content (AvgIpc) is 3.59. The van der Waals surface area contributed by atoms with Gasteiger partial charge < -0.3 is 18.6 Å². The second-order valence-electron chi connectivity index (χ2n) is 7.98. The lowest BCUT2D eigenvalue weighted by atomic mass is 10.0. The predicted molar refractivity (Wildman–Crippen MR) is 128 cm³/mol. The molecule has 0 radical (unpaired) electrons. The molecule has 0 spiro atoms. The minimum atomic E-state index is -0.898. The Kier molecular flexibility index (Phi) is 4.41. The van der Waals surface area contributed by atoms with Crippen LogP contribution in [0.15, 0.2) is 79.8 Å². The fourth-order valence-corrected chi connectivity index (χ4v) is 5.23. The number of carbonyl (C=O) groups is 1. The number of aromatic carboxylic acids is 1. The third kappa shape index (κ3) is 3.32. The van der Waals surface area contributed by atoms with Gasteiger partial charge >= 0.3 is 5.97 Å². The summed E-state index contributed by atoms with van der Waals surface area (Å²) >= 11 is 1.31. The van der Waals surface area contributed by atoms with Gasteiger partial charge in [-0.2, -0.15) is 0 Å². The third-order valence-corrected chi connectivity index (χ3v) is 6.94. The van der Waals surface area contributed by atoms with E-state index >= 15 is 0 Å². The maximum atomic E-state index is 11.6. The molecule has 0 atom stereocenters. The van der Waals surface area contributed by atoms with Crippen molar-refractivity contribution in [3.63, 3.8) is 0 Å². The zero-order valence-corrected chi connectivity index (χ0v) is 18.5. The van der Waals surface area contributed by atoms with Crippen molar-refractivity contribution in [2.75, 3.05) is 0 Å². The first-order valence-electron chi connectivity index (χ1n) is 10.4. The molecule has 1 N–H and O–H groups in total. The zero-order valence-electron chi connectivity index (χ0n) is 17.7. The number of hydrogen-bond donors (Lipinski definition) is 1. The van der Waals surface area contributed by atoms with Crippen molar-refractivity contribution in [2.45, 2.75) is 13.5 Å². The SMILES string of the molecule is Cc1cc(-n2ccnc2)ccc1-c1cc2sc(C(=O)O)cc2n1Cc1ccc2nccn2c1. The molecule has 7 nitrogen and oxygen atoms in total. The van der Waals surface area contributed by atoms with Gasteiger partial charge in [0.2, 0.25) is 0 Å². The van der Waals surface area contributed by atoms with Gasteiger partial charge in [-0.3, -0.25) is 0 Å². The molecule has 33 heavy (non-hydrogen) atoms. The van der Waals surface area contributed by atoms with Gasteiger partial charge in [0, 0.05) is 48.8 Å². The van der Waals surface area contributed by atoms with Gasteiger partial charge in [0.15, 0.2) is 0 Å². The molecule has 0 saturated carbocycles. The van der Waals surface area contributed by atoms with Gasteiger partial charge in [-0.05, 0) is 48.4 Å². The summed E-state index contributed by atoms with van der Waals surface area (Å²) in [5.41, 5.74) is 7.29. The van der Waals surface area contributed by atoms with Gasteiger partial charge in [-0.15, -0.1) is 11.3 Å². The first kappa shape index (κ1) is 19.5. The lowest BCUT2D eigenvalue weighted by Gasteiger charge is -2.14. The van der Waals surface area contributed by atoms with Crippen LogP contribution in [0.25, 0.3) is 32.8 Å². The number of nitrogens with zero attached hydrogens (tertiary/aromatic N) is 5. The van der Waals surface area contributed by atoms with E-state index < -0.39 is 5.97 Å². The van der Waals surface area contributed by atoms with Gasteiger partial charge in [0.25, 0.3) is 0 Å². The molecule has 5 aromatic heterocycles. The number of fused-ring (bicyclic) bond motifs is 2. The first-order valence-corrected chi connectivity index (χ1v) is 11.3. The van der Waals surface area contributed by atoms with E-state index in [-0.39, 0.29) is 0 Å². The van der Waals surface area contributed by atoms with E-state index in [1.807, 2.05) is 27.4 Å². The molecule has 0 saturated heterocycles. The van der Waals surface area contributed by atoms with E-state index in [0.717, 1.165) is 43.9 Å². The minimum Gasteiger partial charge on any atom is -0.477 e. The molecular formula is C25H19N5O2S. The largest absolute Gasteiger partial charge is 0.477 e. The minimum absolute atomic E-state index is 0.345. The maximum absolute atomic E-state index is 11.6.